The quantitative estimate of drug-likeness (QED) is 0.522. The highest BCUT2D eigenvalue weighted by Crippen LogP contribution is 2.72. The van der Waals surface area contributed by atoms with Crippen LogP contribution in [0, 0.1) is 6.92 Å². The van der Waals surface area contributed by atoms with E-state index in [1.54, 1.807) is 0 Å². The molecular weight excluding hydrogens is 296 g/mol. The highest BCUT2D eigenvalue weighted by atomic mass is 35.7. The van der Waals surface area contributed by atoms with E-state index in [0.29, 0.717) is 0 Å². The summed E-state index contributed by atoms with van der Waals surface area (Å²) >= 11 is 0. The van der Waals surface area contributed by atoms with Crippen molar-refractivity contribution in [2.75, 3.05) is 0 Å². The van der Waals surface area contributed by atoms with Crippen LogP contribution in [-0.4, -0.2) is 0 Å². The van der Waals surface area contributed by atoms with Gasteiger partial charge in [-0.3, -0.25) is 0 Å². The third-order valence-corrected chi connectivity index (χ3v) is 7.85. The van der Waals surface area contributed by atoms with Gasteiger partial charge in [0.05, 0.1) is 0 Å². The van der Waals surface area contributed by atoms with Gasteiger partial charge in [-0.05, 0) is 43.3 Å². The summed E-state index contributed by atoms with van der Waals surface area (Å²) < 4.78 is 0. The van der Waals surface area contributed by atoms with Gasteiger partial charge in [0.1, 0.15) is 0 Å². The van der Waals surface area contributed by atoms with Crippen LogP contribution in [0.2, 0.25) is 0 Å². The van der Waals surface area contributed by atoms with Gasteiger partial charge in [0, 0.05) is 14.7 Å². The van der Waals surface area contributed by atoms with E-state index in [2.05, 4.69) is 79.7 Å². The van der Waals surface area contributed by atoms with Crippen molar-refractivity contribution in [1.29, 1.82) is 0 Å². The van der Waals surface area contributed by atoms with Gasteiger partial charge in [0.25, 0.3) is 0 Å². The van der Waals surface area contributed by atoms with E-state index in [1.165, 1.54) is 20.2 Å². The molecule has 0 radical (unpaired) electrons. The molecule has 0 nitrogen and oxygen atoms in total. The van der Waals surface area contributed by atoms with Gasteiger partial charge in [0.2, 0.25) is 0 Å². The Morgan fingerprint density at radius 3 is 1.38 bits per heavy atom. The molecule has 2 heteroatoms. The molecule has 106 valence electrons. The van der Waals surface area contributed by atoms with Gasteiger partial charge in [0.15, 0.2) is 0 Å². The molecule has 0 aromatic heterocycles. The van der Waals surface area contributed by atoms with Crippen molar-refractivity contribution in [3.05, 3.63) is 90.5 Å². The predicted octanol–water partition coefficient (Wildman–Crippen LogP) is 6.43. The molecule has 0 aliphatic rings. The lowest BCUT2D eigenvalue weighted by Gasteiger charge is -2.34. The highest BCUT2D eigenvalue weighted by molar-refractivity contribution is 8.51. The summed E-state index contributed by atoms with van der Waals surface area (Å²) in [6.07, 6.45) is 0. The number of benzene rings is 3. The van der Waals surface area contributed by atoms with E-state index >= 15 is 0 Å². The Bertz CT molecular complexity index is 666. The first-order chi connectivity index (χ1) is 10.2. The molecule has 0 aliphatic heterocycles. The van der Waals surface area contributed by atoms with Crippen molar-refractivity contribution in [1.82, 2.24) is 0 Å². The molecule has 0 aliphatic carbocycles. The van der Waals surface area contributed by atoms with Crippen LogP contribution in [-0.2, 0) is 0 Å². The van der Waals surface area contributed by atoms with Crippen molar-refractivity contribution in [3.8, 4) is 0 Å². The van der Waals surface area contributed by atoms with Crippen LogP contribution in [0.5, 0.6) is 0 Å². The van der Waals surface area contributed by atoms with Crippen LogP contribution < -0.4 is 0 Å². The van der Waals surface area contributed by atoms with Gasteiger partial charge in [-0.15, -0.1) is 0 Å². The molecule has 21 heavy (non-hydrogen) atoms. The molecule has 3 aromatic rings. The fraction of sp³-hybridized carbons (Fsp3) is 0.0526. The average molecular weight is 313 g/mol. The fourth-order valence-electron chi connectivity index (χ4n) is 2.35. The summed E-state index contributed by atoms with van der Waals surface area (Å²) in [5.41, 5.74) is 1.25. The molecule has 0 amide bonds. The minimum Gasteiger partial charge on any atom is -0.0810 e. The molecule has 0 atom stereocenters. The lowest BCUT2D eigenvalue weighted by Crippen LogP contribution is -1.96. The molecule has 0 spiro atoms. The van der Waals surface area contributed by atoms with Crippen LogP contribution >= 0.6 is 19.9 Å². The molecule has 0 fully saturated rings. The first-order valence-electron chi connectivity index (χ1n) is 6.91. The molecule has 0 heterocycles. The Kier molecular flexibility index (Phi) is 4.05. The Hall–Kier alpha value is -1.70. The molecular formula is C19H17ClS. The second kappa shape index (κ2) is 5.97. The molecule has 0 N–H and O–H groups in total. The normalized spacial score (nSPS) is 12.1. The fourth-order valence-corrected chi connectivity index (χ4v) is 5.67. The second-order valence-corrected chi connectivity index (χ2v) is 8.86. The van der Waals surface area contributed by atoms with Crippen LogP contribution in [0.4, 0.5) is 0 Å². The Labute approximate surface area is 132 Å². The number of hydrogen-bond donors (Lipinski definition) is 0. The van der Waals surface area contributed by atoms with Gasteiger partial charge in [-0.2, -0.15) is 0 Å². The Balaban J connectivity index is 2.23. The minimum absolute atomic E-state index is 1.17. The molecule has 3 rings (SSSR count). The summed E-state index contributed by atoms with van der Waals surface area (Å²) in [5, 5.41) is 0. The van der Waals surface area contributed by atoms with Crippen molar-refractivity contribution in [2.45, 2.75) is 21.6 Å². The maximum atomic E-state index is 7.25. The monoisotopic (exact) mass is 312 g/mol. The molecule has 0 bridgehead atoms. The minimum atomic E-state index is -1.72. The Morgan fingerprint density at radius 2 is 0.952 bits per heavy atom. The largest absolute Gasteiger partial charge is 0.0810 e. The van der Waals surface area contributed by atoms with E-state index in [4.69, 9.17) is 10.7 Å². The predicted molar refractivity (Wildman–Crippen MR) is 92.3 cm³/mol. The first-order valence-corrected chi connectivity index (χ1v) is 9.37. The van der Waals surface area contributed by atoms with E-state index in [0.717, 1.165) is 0 Å². The zero-order chi connectivity index (χ0) is 14.7. The number of aryl methyl sites for hydroxylation is 1. The van der Waals surface area contributed by atoms with Crippen LogP contribution in [0.1, 0.15) is 5.56 Å². The lowest BCUT2D eigenvalue weighted by molar-refractivity contribution is 1.30. The van der Waals surface area contributed by atoms with Gasteiger partial charge >= 0.3 is 0 Å². The summed E-state index contributed by atoms with van der Waals surface area (Å²) in [5.74, 6) is 0. The summed E-state index contributed by atoms with van der Waals surface area (Å²) in [6.45, 7) is 2.10. The Morgan fingerprint density at radius 1 is 0.571 bits per heavy atom. The smallest absolute Gasteiger partial charge is 0.0117 e. The zero-order valence-electron chi connectivity index (χ0n) is 11.9. The van der Waals surface area contributed by atoms with Crippen molar-refractivity contribution < 1.29 is 0 Å². The van der Waals surface area contributed by atoms with E-state index in [-0.39, 0.29) is 0 Å². The third kappa shape index (κ3) is 2.72. The first kappa shape index (κ1) is 14.2. The van der Waals surface area contributed by atoms with E-state index in [9.17, 15) is 0 Å². The number of hydrogen-bond acceptors (Lipinski definition) is 0. The third-order valence-electron chi connectivity index (χ3n) is 3.48. The molecule has 3 aromatic carbocycles. The van der Waals surface area contributed by atoms with Crippen molar-refractivity contribution >= 4 is 19.9 Å². The second-order valence-electron chi connectivity index (χ2n) is 4.98. The van der Waals surface area contributed by atoms with Crippen LogP contribution in [0.15, 0.2) is 99.6 Å². The van der Waals surface area contributed by atoms with Crippen LogP contribution in [0.3, 0.4) is 0 Å². The van der Waals surface area contributed by atoms with Gasteiger partial charge < -0.3 is 0 Å². The van der Waals surface area contributed by atoms with E-state index < -0.39 is 9.24 Å². The number of halogens is 1. The van der Waals surface area contributed by atoms with E-state index in [1.807, 2.05) is 12.1 Å². The maximum absolute atomic E-state index is 7.25. The number of rotatable bonds is 3. The highest BCUT2D eigenvalue weighted by Gasteiger charge is 2.28. The SMILES string of the molecule is Cc1ccc(S(Cl)(c2ccccc2)c2ccccc2)cc1. The molecule has 0 saturated heterocycles. The zero-order valence-corrected chi connectivity index (χ0v) is 13.4. The summed E-state index contributed by atoms with van der Waals surface area (Å²) in [7, 11) is 5.53. The molecule has 0 saturated carbocycles. The standard InChI is InChI=1S/C19H17ClS/c1-16-12-14-19(15-13-16)21(20,17-8-4-2-5-9-17)18-10-6-3-7-11-18/h2-15H,1H3. The summed E-state index contributed by atoms with van der Waals surface area (Å²) in [4.78, 5) is 3.51. The average Bonchev–Trinajstić information content (AvgIpc) is 2.56. The maximum Gasteiger partial charge on any atom is 0.0117 e. The molecule has 0 unspecified atom stereocenters. The topological polar surface area (TPSA) is 0 Å². The van der Waals surface area contributed by atoms with Gasteiger partial charge in [-0.1, -0.05) is 74.0 Å². The van der Waals surface area contributed by atoms with Crippen molar-refractivity contribution in [3.63, 3.8) is 0 Å². The summed E-state index contributed by atoms with van der Waals surface area (Å²) in [6, 6.07) is 29.3. The lowest BCUT2D eigenvalue weighted by atomic mass is 10.2. The van der Waals surface area contributed by atoms with Gasteiger partial charge in [-0.25, -0.2) is 0 Å². The van der Waals surface area contributed by atoms with Crippen LogP contribution in [0.25, 0.3) is 0 Å². The van der Waals surface area contributed by atoms with Crippen molar-refractivity contribution in [2.24, 2.45) is 0 Å².